The van der Waals surface area contributed by atoms with Crippen LogP contribution in [0.4, 0.5) is 17.1 Å². The molecule has 0 aromatic heterocycles. The summed E-state index contributed by atoms with van der Waals surface area (Å²) in [6.45, 7) is 3.96. The van der Waals surface area contributed by atoms with E-state index in [1.165, 1.54) is 12.1 Å². The second-order valence-corrected chi connectivity index (χ2v) is 8.32. The van der Waals surface area contributed by atoms with E-state index in [0.29, 0.717) is 5.69 Å². The topological polar surface area (TPSA) is 93.9 Å². The third kappa shape index (κ3) is 5.32. The molecule has 0 unspecified atom stereocenters. The summed E-state index contributed by atoms with van der Waals surface area (Å²) < 4.78 is 24.6. The Morgan fingerprint density at radius 1 is 1.04 bits per heavy atom. The SMILES string of the molecule is CCOP(=O)(OCC)[C@@H](Nc1ccc([N+](=O)[O-])cc1)c1ccc(N(C)C)cc1. The monoisotopic (exact) mass is 407 g/mol. The van der Waals surface area contributed by atoms with Gasteiger partial charge in [-0.1, -0.05) is 12.1 Å². The minimum absolute atomic E-state index is 0.0183. The molecular formula is C19H26N3O5P. The first kappa shape index (κ1) is 21.9. The van der Waals surface area contributed by atoms with E-state index in [4.69, 9.17) is 9.05 Å². The number of nitrogens with zero attached hydrogens (tertiary/aromatic N) is 2. The molecule has 28 heavy (non-hydrogen) atoms. The molecule has 0 fully saturated rings. The summed E-state index contributed by atoms with van der Waals surface area (Å²) in [4.78, 5) is 12.4. The Labute approximate surface area is 165 Å². The Bertz CT molecular complexity index is 814. The van der Waals surface area contributed by atoms with Crippen LogP contribution in [0.3, 0.4) is 0 Å². The molecule has 1 N–H and O–H groups in total. The van der Waals surface area contributed by atoms with Crippen molar-refractivity contribution in [3.63, 3.8) is 0 Å². The van der Waals surface area contributed by atoms with E-state index in [9.17, 15) is 14.7 Å². The van der Waals surface area contributed by atoms with Crippen molar-refractivity contribution in [2.24, 2.45) is 0 Å². The Hall–Kier alpha value is -2.41. The number of nitrogens with one attached hydrogen (secondary N) is 1. The van der Waals surface area contributed by atoms with Gasteiger partial charge in [-0.15, -0.1) is 0 Å². The summed E-state index contributed by atoms with van der Waals surface area (Å²) >= 11 is 0. The minimum Gasteiger partial charge on any atom is -0.378 e. The molecule has 0 aliphatic heterocycles. The molecule has 0 saturated heterocycles. The highest BCUT2D eigenvalue weighted by Gasteiger charge is 2.37. The smallest absolute Gasteiger partial charge is 0.357 e. The summed E-state index contributed by atoms with van der Waals surface area (Å²) in [5.41, 5.74) is 2.29. The molecule has 2 rings (SSSR count). The Morgan fingerprint density at radius 3 is 2.00 bits per heavy atom. The highest BCUT2D eigenvalue weighted by Crippen LogP contribution is 2.60. The van der Waals surface area contributed by atoms with Crippen LogP contribution in [0.15, 0.2) is 48.5 Å². The Balaban J connectivity index is 2.42. The van der Waals surface area contributed by atoms with Crippen LogP contribution < -0.4 is 10.2 Å². The van der Waals surface area contributed by atoms with Gasteiger partial charge in [0.15, 0.2) is 5.78 Å². The van der Waals surface area contributed by atoms with E-state index in [2.05, 4.69) is 5.32 Å². The van der Waals surface area contributed by atoms with Crippen molar-refractivity contribution < 1.29 is 18.5 Å². The lowest BCUT2D eigenvalue weighted by molar-refractivity contribution is -0.384. The van der Waals surface area contributed by atoms with Crippen LogP contribution in [0.2, 0.25) is 0 Å². The van der Waals surface area contributed by atoms with Gasteiger partial charge in [-0.05, 0) is 43.7 Å². The molecule has 1 atom stereocenters. The second kappa shape index (κ2) is 9.68. The van der Waals surface area contributed by atoms with Crippen LogP contribution in [0.25, 0.3) is 0 Å². The number of nitro benzene ring substituents is 1. The molecule has 0 saturated carbocycles. The van der Waals surface area contributed by atoms with Crippen LogP contribution in [0, 0.1) is 10.1 Å². The van der Waals surface area contributed by atoms with Crippen LogP contribution in [-0.2, 0) is 13.6 Å². The minimum atomic E-state index is -3.55. The molecule has 0 radical (unpaired) electrons. The van der Waals surface area contributed by atoms with Gasteiger partial charge in [0.1, 0.15) is 0 Å². The van der Waals surface area contributed by atoms with Gasteiger partial charge in [-0.25, -0.2) is 0 Å². The van der Waals surface area contributed by atoms with E-state index < -0.39 is 18.3 Å². The molecule has 0 bridgehead atoms. The molecule has 152 valence electrons. The van der Waals surface area contributed by atoms with Gasteiger partial charge in [0.2, 0.25) is 0 Å². The number of hydrogen-bond acceptors (Lipinski definition) is 7. The van der Waals surface area contributed by atoms with Gasteiger partial charge in [-0.2, -0.15) is 0 Å². The van der Waals surface area contributed by atoms with Crippen molar-refractivity contribution in [3.8, 4) is 0 Å². The number of benzene rings is 2. The lowest BCUT2D eigenvalue weighted by Gasteiger charge is -2.28. The van der Waals surface area contributed by atoms with Gasteiger partial charge in [0, 0.05) is 37.6 Å². The first-order valence-electron chi connectivity index (χ1n) is 8.97. The molecule has 0 heterocycles. The first-order chi connectivity index (χ1) is 13.3. The van der Waals surface area contributed by atoms with Crippen molar-refractivity contribution in [2.75, 3.05) is 37.5 Å². The number of rotatable bonds is 10. The van der Waals surface area contributed by atoms with E-state index >= 15 is 0 Å². The van der Waals surface area contributed by atoms with Crippen molar-refractivity contribution in [3.05, 3.63) is 64.2 Å². The molecule has 2 aromatic rings. The maximum atomic E-state index is 13.5. The average molecular weight is 407 g/mol. The van der Waals surface area contributed by atoms with Crippen LogP contribution in [0.5, 0.6) is 0 Å². The number of hydrogen-bond donors (Lipinski definition) is 1. The fourth-order valence-electron chi connectivity index (χ4n) is 2.68. The summed E-state index contributed by atoms with van der Waals surface area (Å²) in [7, 11) is 0.330. The maximum absolute atomic E-state index is 13.5. The molecule has 0 aliphatic rings. The Morgan fingerprint density at radius 2 is 1.57 bits per heavy atom. The Kier molecular flexibility index (Phi) is 7.57. The summed E-state index contributed by atoms with van der Waals surface area (Å²) in [5, 5.41) is 14.0. The normalized spacial score (nSPS) is 12.4. The van der Waals surface area contributed by atoms with E-state index in [0.717, 1.165) is 11.3 Å². The standard InChI is InChI=1S/C19H26N3O5P/c1-5-26-28(25,27-6-2)19(15-7-11-17(12-8-15)21(3)4)20-16-9-13-18(14-10-16)22(23)24/h7-14,19-20H,5-6H2,1-4H3/t19-/m1/s1. The van der Waals surface area contributed by atoms with E-state index in [-0.39, 0.29) is 18.9 Å². The molecule has 0 amide bonds. The molecule has 0 aliphatic carbocycles. The summed E-state index contributed by atoms with van der Waals surface area (Å²) in [5.74, 6) is -0.759. The molecule has 9 heteroatoms. The van der Waals surface area contributed by atoms with E-state index in [1.54, 1.807) is 26.0 Å². The van der Waals surface area contributed by atoms with Gasteiger partial charge in [0.05, 0.1) is 18.1 Å². The third-order valence-electron chi connectivity index (χ3n) is 4.04. The fourth-order valence-corrected chi connectivity index (χ4v) is 4.62. The van der Waals surface area contributed by atoms with Crippen molar-refractivity contribution in [1.82, 2.24) is 0 Å². The number of non-ortho nitro benzene ring substituents is 1. The maximum Gasteiger partial charge on any atom is 0.357 e. The van der Waals surface area contributed by atoms with Gasteiger partial charge in [-0.3, -0.25) is 14.7 Å². The predicted octanol–water partition coefficient (Wildman–Crippen LogP) is 5.04. The lowest BCUT2D eigenvalue weighted by Crippen LogP contribution is -2.16. The summed E-state index contributed by atoms with van der Waals surface area (Å²) in [6.07, 6.45) is 0. The number of nitro groups is 1. The zero-order valence-corrected chi connectivity index (χ0v) is 17.4. The highest BCUT2D eigenvalue weighted by atomic mass is 31.2. The summed E-state index contributed by atoms with van der Waals surface area (Å²) in [6, 6.07) is 13.5. The molecule has 2 aromatic carbocycles. The van der Waals surface area contributed by atoms with Gasteiger partial charge < -0.3 is 19.3 Å². The second-order valence-electron chi connectivity index (χ2n) is 6.21. The molecule has 8 nitrogen and oxygen atoms in total. The highest BCUT2D eigenvalue weighted by molar-refractivity contribution is 7.54. The van der Waals surface area contributed by atoms with Crippen molar-refractivity contribution in [2.45, 2.75) is 19.6 Å². The lowest BCUT2D eigenvalue weighted by atomic mass is 10.2. The van der Waals surface area contributed by atoms with E-state index in [1.807, 2.05) is 43.3 Å². The van der Waals surface area contributed by atoms with Gasteiger partial charge >= 0.3 is 7.60 Å². The quantitative estimate of drug-likeness (QED) is 0.335. The third-order valence-corrected chi connectivity index (χ3v) is 6.34. The predicted molar refractivity (Wildman–Crippen MR) is 111 cm³/mol. The van der Waals surface area contributed by atoms with Gasteiger partial charge in [0.25, 0.3) is 5.69 Å². The number of anilines is 2. The van der Waals surface area contributed by atoms with Crippen LogP contribution in [0.1, 0.15) is 25.2 Å². The largest absolute Gasteiger partial charge is 0.378 e. The fraction of sp³-hybridized carbons (Fsp3) is 0.368. The van der Waals surface area contributed by atoms with Crippen LogP contribution >= 0.6 is 7.60 Å². The first-order valence-corrected chi connectivity index (χ1v) is 10.6. The van der Waals surface area contributed by atoms with Crippen LogP contribution in [-0.4, -0.2) is 32.2 Å². The molecule has 0 spiro atoms. The van der Waals surface area contributed by atoms with Crippen molar-refractivity contribution >= 4 is 24.7 Å². The zero-order chi connectivity index (χ0) is 20.7. The molecular weight excluding hydrogens is 381 g/mol. The average Bonchev–Trinajstić information content (AvgIpc) is 2.67. The zero-order valence-electron chi connectivity index (χ0n) is 16.5. The van der Waals surface area contributed by atoms with Crippen molar-refractivity contribution in [1.29, 1.82) is 0 Å².